The van der Waals surface area contributed by atoms with Crippen LogP contribution in [0, 0.1) is 6.92 Å². The lowest BCUT2D eigenvalue weighted by atomic mass is 9.96. The van der Waals surface area contributed by atoms with Crippen LogP contribution in [0.5, 0.6) is 0 Å². The van der Waals surface area contributed by atoms with E-state index in [2.05, 4.69) is 60.4 Å². The molecule has 0 saturated carbocycles. The fraction of sp³-hybridized carbons (Fsp3) is 0.304. The van der Waals surface area contributed by atoms with Gasteiger partial charge in [-0.15, -0.1) is 0 Å². The Kier molecular flexibility index (Phi) is 5.75. The molecule has 2 aromatic rings. The quantitative estimate of drug-likeness (QED) is 0.905. The zero-order valence-electron chi connectivity index (χ0n) is 16.3. The molecule has 3 rings (SSSR count). The highest BCUT2D eigenvalue weighted by atomic mass is 16.2. The molecule has 1 amide bonds. The van der Waals surface area contributed by atoms with Crippen LogP contribution in [0.4, 0.5) is 0 Å². The average molecular weight is 361 g/mol. The summed E-state index contributed by atoms with van der Waals surface area (Å²) in [5.41, 5.74) is 14.1. The van der Waals surface area contributed by atoms with Crippen LogP contribution in [0.1, 0.15) is 24.5 Å². The molecular formula is C23H27N3O. The van der Waals surface area contributed by atoms with E-state index in [9.17, 15) is 4.79 Å². The van der Waals surface area contributed by atoms with E-state index < -0.39 is 0 Å². The summed E-state index contributed by atoms with van der Waals surface area (Å²) in [6.07, 6.45) is 1.42. The van der Waals surface area contributed by atoms with Crippen molar-refractivity contribution in [1.82, 2.24) is 4.90 Å². The van der Waals surface area contributed by atoms with Crippen LogP contribution < -0.4 is 5.73 Å². The van der Waals surface area contributed by atoms with Crippen molar-refractivity contribution in [2.24, 2.45) is 10.7 Å². The van der Waals surface area contributed by atoms with Crippen LogP contribution in [0.3, 0.4) is 0 Å². The fourth-order valence-corrected chi connectivity index (χ4v) is 3.52. The smallest absolute Gasteiger partial charge is 0.219 e. The highest BCUT2D eigenvalue weighted by molar-refractivity contribution is 6.02. The minimum atomic E-state index is 0.0814. The van der Waals surface area contributed by atoms with Gasteiger partial charge in [0.2, 0.25) is 5.91 Å². The lowest BCUT2D eigenvalue weighted by molar-refractivity contribution is -0.128. The zero-order chi connectivity index (χ0) is 19.4. The SMILES string of the molecule is CN=C1CCN(C(C)=O)CC1=C(N)Cc1ccc(-c2cccc(C)c2)cc1. The fourth-order valence-electron chi connectivity index (χ4n) is 3.52. The Bertz CT molecular complexity index is 894. The number of hydrogen-bond donors (Lipinski definition) is 1. The number of nitrogens with two attached hydrogens (primary N) is 1. The Morgan fingerprint density at radius 1 is 1.15 bits per heavy atom. The van der Waals surface area contributed by atoms with Gasteiger partial charge in [0.15, 0.2) is 0 Å². The van der Waals surface area contributed by atoms with Gasteiger partial charge in [-0.1, -0.05) is 54.1 Å². The third kappa shape index (κ3) is 4.45. The van der Waals surface area contributed by atoms with Crippen LogP contribution in [0.2, 0.25) is 0 Å². The third-order valence-corrected chi connectivity index (χ3v) is 5.12. The number of piperidine rings is 1. The summed E-state index contributed by atoms with van der Waals surface area (Å²) in [6.45, 7) is 4.97. The molecule has 0 aromatic heterocycles. The highest BCUT2D eigenvalue weighted by Gasteiger charge is 2.23. The molecule has 0 aliphatic carbocycles. The van der Waals surface area contributed by atoms with Crippen molar-refractivity contribution in [2.75, 3.05) is 20.1 Å². The molecule has 0 bridgehead atoms. The summed E-state index contributed by atoms with van der Waals surface area (Å²) in [6, 6.07) is 17.0. The molecule has 1 aliphatic rings. The molecule has 1 saturated heterocycles. The van der Waals surface area contributed by atoms with Gasteiger partial charge < -0.3 is 10.6 Å². The van der Waals surface area contributed by atoms with Gasteiger partial charge in [-0.3, -0.25) is 9.79 Å². The summed E-state index contributed by atoms with van der Waals surface area (Å²) < 4.78 is 0. The Morgan fingerprint density at radius 3 is 2.52 bits per heavy atom. The van der Waals surface area contributed by atoms with Gasteiger partial charge in [0.05, 0.1) is 0 Å². The van der Waals surface area contributed by atoms with Crippen LogP contribution in [-0.4, -0.2) is 36.7 Å². The van der Waals surface area contributed by atoms with Crippen molar-refractivity contribution < 1.29 is 4.79 Å². The molecule has 1 heterocycles. The molecule has 0 radical (unpaired) electrons. The van der Waals surface area contributed by atoms with Gasteiger partial charge in [-0.05, 0) is 23.6 Å². The van der Waals surface area contributed by atoms with Crippen molar-refractivity contribution in [3.8, 4) is 11.1 Å². The lowest BCUT2D eigenvalue weighted by Crippen LogP contribution is -2.40. The number of allylic oxidation sites excluding steroid dienone is 1. The number of nitrogens with zero attached hydrogens (tertiary/aromatic N) is 2. The first kappa shape index (κ1) is 18.9. The van der Waals surface area contributed by atoms with E-state index in [0.717, 1.165) is 29.0 Å². The van der Waals surface area contributed by atoms with E-state index >= 15 is 0 Å². The Labute approximate surface area is 161 Å². The molecule has 2 aromatic carbocycles. The first-order chi connectivity index (χ1) is 13.0. The third-order valence-electron chi connectivity index (χ3n) is 5.12. The molecule has 2 N–H and O–H groups in total. The number of rotatable bonds is 3. The van der Waals surface area contributed by atoms with Crippen LogP contribution in [0.25, 0.3) is 11.1 Å². The van der Waals surface area contributed by atoms with E-state index in [0.29, 0.717) is 19.5 Å². The van der Waals surface area contributed by atoms with E-state index in [-0.39, 0.29) is 5.91 Å². The summed E-state index contributed by atoms with van der Waals surface area (Å²) in [5.74, 6) is 0.0814. The second kappa shape index (κ2) is 8.21. The lowest BCUT2D eigenvalue weighted by Gasteiger charge is -2.30. The van der Waals surface area contributed by atoms with Crippen molar-refractivity contribution in [3.05, 3.63) is 70.9 Å². The van der Waals surface area contributed by atoms with Gasteiger partial charge in [-0.2, -0.15) is 0 Å². The molecule has 1 aliphatic heterocycles. The standard InChI is InChI=1S/C23H27N3O/c1-16-5-4-6-20(13-16)19-9-7-18(8-10-19)14-22(24)21-15-26(17(2)27)12-11-23(21)25-3/h4-10,13H,11-12,14-15,24H2,1-3H3. The van der Waals surface area contributed by atoms with E-state index in [1.165, 1.54) is 16.7 Å². The summed E-state index contributed by atoms with van der Waals surface area (Å²) in [7, 11) is 1.79. The minimum absolute atomic E-state index is 0.0814. The first-order valence-corrected chi connectivity index (χ1v) is 9.33. The number of aryl methyl sites for hydroxylation is 1. The maximum atomic E-state index is 11.7. The monoisotopic (exact) mass is 361 g/mol. The number of amides is 1. The first-order valence-electron chi connectivity index (χ1n) is 9.33. The molecule has 0 atom stereocenters. The van der Waals surface area contributed by atoms with Crippen LogP contribution >= 0.6 is 0 Å². The van der Waals surface area contributed by atoms with Crippen molar-refractivity contribution >= 4 is 11.6 Å². The highest BCUT2D eigenvalue weighted by Crippen LogP contribution is 2.23. The van der Waals surface area contributed by atoms with Crippen LogP contribution in [0.15, 0.2) is 64.8 Å². The molecule has 4 nitrogen and oxygen atoms in total. The van der Waals surface area contributed by atoms with Gasteiger partial charge in [0, 0.05) is 56.9 Å². The van der Waals surface area contributed by atoms with E-state index in [4.69, 9.17) is 5.73 Å². The minimum Gasteiger partial charge on any atom is -0.401 e. The zero-order valence-corrected chi connectivity index (χ0v) is 16.3. The summed E-state index contributed by atoms with van der Waals surface area (Å²) >= 11 is 0. The van der Waals surface area contributed by atoms with Gasteiger partial charge in [-0.25, -0.2) is 0 Å². The number of carbonyl (C=O) groups excluding carboxylic acids is 1. The second-order valence-electron chi connectivity index (χ2n) is 7.11. The van der Waals surface area contributed by atoms with Crippen molar-refractivity contribution in [1.29, 1.82) is 0 Å². The second-order valence-corrected chi connectivity index (χ2v) is 7.11. The number of aliphatic imine (C=N–C) groups is 1. The maximum Gasteiger partial charge on any atom is 0.219 e. The van der Waals surface area contributed by atoms with Crippen molar-refractivity contribution in [3.63, 3.8) is 0 Å². The molecule has 140 valence electrons. The van der Waals surface area contributed by atoms with E-state index in [1.54, 1.807) is 14.0 Å². The predicted molar refractivity (Wildman–Crippen MR) is 112 cm³/mol. The van der Waals surface area contributed by atoms with E-state index in [1.807, 2.05) is 4.90 Å². The molecule has 27 heavy (non-hydrogen) atoms. The Morgan fingerprint density at radius 2 is 1.89 bits per heavy atom. The topological polar surface area (TPSA) is 58.7 Å². The number of benzene rings is 2. The van der Waals surface area contributed by atoms with Crippen LogP contribution in [-0.2, 0) is 11.2 Å². The van der Waals surface area contributed by atoms with Gasteiger partial charge in [0.1, 0.15) is 0 Å². The number of hydrogen-bond acceptors (Lipinski definition) is 3. The predicted octanol–water partition coefficient (Wildman–Crippen LogP) is 3.74. The Hall–Kier alpha value is -2.88. The van der Waals surface area contributed by atoms with Crippen molar-refractivity contribution in [2.45, 2.75) is 26.7 Å². The normalized spacial score (nSPS) is 17.9. The molecule has 4 heteroatoms. The van der Waals surface area contributed by atoms with Gasteiger partial charge >= 0.3 is 0 Å². The number of carbonyl (C=O) groups is 1. The molecule has 0 unspecified atom stereocenters. The Balaban J connectivity index is 1.80. The largest absolute Gasteiger partial charge is 0.401 e. The average Bonchev–Trinajstić information content (AvgIpc) is 2.68. The number of likely N-dealkylation sites (tertiary alicyclic amines) is 1. The molecule has 0 spiro atoms. The summed E-state index contributed by atoms with van der Waals surface area (Å²) in [5, 5.41) is 0. The summed E-state index contributed by atoms with van der Waals surface area (Å²) in [4.78, 5) is 18.0. The maximum absolute atomic E-state index is 11.7. The van der Waals surface area contributed by atoms with Gasteiger partial charge in [0.25, 0.3) is 0 Å². The molecular weight excluding hydrogens is 334 g/mol. The molecule has 1 fully saturated rings.